The van der Waals surface area contributed by atoms with Crippen LogP contribution in [0.4, 0.5) is 5.69 Å². The molecule has 1 aromatic rings. The number of nitrogens with one attached hydrogen (secondary N) is 2. The van der Waals surface area contributed by atoms with E-state index in [0.717, 1.165) is 30.3 Å². The standard InChI is InChI=1S/C14H24N2O2S/c1-5-18-9-13(10(2)3)15-8-14-12(6-7-19-14)16-11(4)17/h6-7,10,13,15H,5,8-9H2,1-4H3,(H,16,17). The predicted molar refractivity (Wildman–Crippen MR) is 80.6 cm³/mol. The average Bonchev–Trinajstić information content (AvgIpc) is 2.75. The summed E-state index contributed by atoms with van der Waals surface area (Å²) in [5, 5.41) is 8.35. The van der Waals surface area contributed by atoms with E-state index < -0.39 is 0 Å². The zero-order chi connectivity index (χ0) is 14.3. The first-order chi connectivity index (χ1) is 9.04. The number of amides is 1. The van der Waals surface area contributed by atoms with Crippen LogP contribution in [-0.4, -0.2) is 25.2 Å². The van der Waals surface area contributed by atoms with Crippen LogP contribution in [0.15, 0.2) is 11.4 Å². The maximum Gasteiger partial charge on any atom is 0.221 e. The van der Waals surface area contributed by atoms with Gasteiger partial charge in [-0.2, -0.15) is 0 Å². The van der Waals surface area contributed by atoms with E-state index in [1.807, 2.05) is 18.4 Å². The molecule has 0 aliphatic carbocycles. The highest BCUT2D eigenvalue weighted by Crippen LogP contribution is 2.22. The second-order valence-electron chi connectivity index (χ2n) is 4.83. The van der Waals surface area contributed by atoms with Crippen LogP contribution in [0, 0.1) is 5.92 Å². The molecule has 1 unspecified atom stereocenters. The third kappa shape index (κ3) is 5.72. The van der Waals surface area contributed by atoms with Gasteiger partial charge in [0.25, 0.3) is 0 Å². The van der Waals surface area contributed by atoms with Gasteiger partial charge < -0.3 is 15.4 Å². The number of ether oxygens (including phenoxy) is 1. The smallest absolute Gasteiger partial charge is 0.221 e. The van der Waals surface area contributed by atoms with Crippen LogP contribution in [0.2, 0.25) is 0 Å². The maximum atomic E-state index is 11.1. The molecular weight excluding hydrogens is 260 g/mol. The third-order valence-electron chi connectivity index (χ3n) is 2.89. The summed E-state index contributed by atoms with van der Waals surface area (Å²) >= 11 is 1.65. The summed E-state index contributed by atoms with van der Waals surface area (Å²) in [6.07, 6.45) is 0. The fraction of sp³-hybridized carbons (Fsp3) is 0.643. The van der Waals surface area contributed by atoms with Crippen LogP contribution < -0.4 is 10.6 Å². The SMILES string of the molecule is CCOCC(NCc1sccc1NC(C)=O)C(C)C. The highest BCUT2D eigenvalue weighted by Gasteiger charge is 2.14. The van der Waals surface area contributed by atoms with Crippen molar-refractivity contribution in [3.63, 3.8) is 0 Å². The molecule has 1 rings (SSSR count). The lowest BCUT2D eigenvalue weighted by Crippen LogP contribution is -2.37. The minimum Gasteiger partial charge on any atom is -0.380 e. The van der Waals surface area contributed by atoms with Gasteiger partial charge in [-0.05, 0) is 24.3 Å². The van der Waals surface area contributed by atoms with Gasteiger partial charge in [-0.1, -0.05) is 13.8 Å². The molecule has 0 bridgehead atoms. The summed E-state index contributed by atoms with van der Waals surface area (Å²) in [7, 11) is 0. The molecule has 0 fully saturated rings. The molecular formula is C14H24N2O2S. The lowest BCUT2D eigenvalue weighted by atomic mass is 10.1. The quantitative estimate of drug-likeness (QED) is 0.772. The second-order valence-corrected chi connectivity index (χ2v) is 5.83. The Bertz CT molecular complexity index is 391. The largest absolute Gasteiger partial charge is 0.380 e. The first kappa shape index (κ1) is 16.1. The van der Waals surface area contributed by atoms with E-state index in [9.17, 15) is 4.79 Å². The van der Waals surface area contributed by atoms with Crippen LogP contribution in [0.5, 0.6) is 0 Å². The fourth-order valence-corrected chi connectivity index (χ4v) is 2.52. The molecule has 0 spiro atoms. The number of carbonyl (C=O) groups excluding carboxylic acids is 1. The summed E-state index contributed by atoms with van der Waals surface area (Å²) in [5.41, 5.74) is 0.906. The van der Waals surface area contributed by atoms with E-state index in [1.165, 1.54) is 6.92 Å². The molecule has 1 aromatic heterocycles. The minimum absolute atomic E-state index is 0.0330. The Morgan fingerprint density at radius 2 is 2.21 bits per heavy atom. The average molecular weight is 284 g/mol. The Kier molecular flexibility index (Phi) is 7.05. The lowest BCUT2D eigenvalue weighted by molar-refractivity contribution is -0.114. The molecule has 1 atom stereocenters. The van der Waals surface area contributed by atoms with Crippen LogP contribution in [-0.2, 0) is 16.1 Å². The Labute approximate surface area is 119 Å². The van der Waals surface area contributed by atoms with Crippen molar-refractivity contribution < 1.29 is 9.53 Å². The van der Waals surface area contributed by atoms with Gasteiger partial charge in [-0.15, -0.1) is 11.3 Å². The van der Waals surface area contributed by atoms with Gasteiger partial charge in [0.15, 0.2) is 0 Å². The number of anilines is 1. The summed E-state index contributed by atoms with van der Waals surface area (Å²) in [4.78, 5) is 12.3. The predicted octanol–water partition coefficient (Wildman–Crippen LogP) is 2.86. The molecule has 0 aliphatic heterocycles. The van der Waals surface area contributed by atoms with Crippen molar-refractivity contribution in [2.24, 2.45) is 5.92 Å². The molecule has 0 saturated heterocycles. The van der Waals surface area contributed by atoms with Gasteiger partial charge >= 0.3 is 0 Å². The van der Waals surface area contributed by atoms with Crippen molar-refractivity contribution in [2.45, 2.75) is 40.3 Å². The van der Waals surface area contributed by atoms with Gasteiger partial charge in [0, 0.05) is 31.0 Å². The molecule has 0 aromatic carbocycles. The monoisotopic (exact) mass is 284 g/mol. The first-order valence-electron chi connectivity index (χ1n) is 6.69. The number of thiophene rings is 1. The van der Waals surface area contributed by atoms with Crippen LogP contribution in [0.3, 0.4) is 0 Å². The van der Waals surface area contributed by atoms with Crippen molar-refractivity contribution in [1.29, 1.82) is 0 Å². The minimum atomic E-state index is -0.0330. The highest BCUT2D eigenvalue weighted by molar-refractivity contribution is 7.10. The van der Waals surface area contributed by atoms with Crippen molar-refractivity contribution >= 4 is 22.9 Å². The van der Waals surface area contributed by atoms with E-state index in [2.05, 4.69) is 24.5 Å². The maximum absolute atomic E-state index is 11.1. The second kappa shape index (κ2) is 8.30. The summed E-state index contributed by atoms with van der Waals surface area (Å²) < 4.78 is 5.49. The first-order valence-corrected chi connectivity index (χ1v) is 7.57. The normalized spacial score (nSPS) is 12.7. The summed E-state index contributed by atoms with van der Waals surface area (Å²) in [6.45, 7) is 10.1. The molecule has 1 amide bonds. The summed E-state index contributed by atoms with van der Waals surface area (Å²) in [5.74, 6) is 0.477. The molecule has 1 heterocycles. The molecule has 5 heteroatoms. The number of rotatable bonds is 8. The van der Waals surface area contributed by atoms with Gasteiger partial charge in [0.05, 0.1) is 12.3 Å². The molecule has 2 N–H and O–H groups in total. The van der Waals surface area contributed by atoms with Crippen molar-refractivity contribution in [2.75, 3.05) is 18.5 Å². The van der Waals surface area contributed by atoms with Crippen LogP contribution in [0.25, 0.3) is 0 Å². The van der Waals surface area contributed by atoms with Gasteiger partial charge in [0.1, 0.15) is 0 Å². The third-order valence-corrected chi connectivity index (χ3v) is 3.81. The summed E-state index contributed by atoms with van der Waals surface area (Å²) in [6, 6.07) is 2.27. The Morgan fingerprint density at radius 1 is 1.47 bits per heavy atom. The number of hydrogen-bond donors (Lipinski definition) is 2. The van der Waals surface area contributed by atoms with Crippen molar-refractivity contribution in [1.82, 2.24) is 5.32 Å². The van der Waals surface area contributed by atoms with E-state index in [0.29, 0.717) is 12.0 Å². The zero-order valence-electron chi connectivity index (χ0n) is 12.2. The molecule has 108 valence electrons. The van der Waals surface area contributed by atoms with E-state index in [1.54, 1.807) is 11.3 Å². The molecule has 4 nitrogen and oxygen atoms in total. The number of hydrogen-bond acceptors (Lipinski definition) is 4. The van der Waals surface area contributed by atoms with E-state index >= 15 is 0 Å². The molecule has 0 radical (unpaired) electrons. The van der Waals surface area contributed by atoms with Crippen molar-refractivity contribution in [3.05, 3.63) is 16.3 Å². The van der Waals surface area contributed by atoms with Crippen LogP contribution >= 0.6 is 11.3 Å². The van der Waals surface area contributed by atoms with Gasteiger partial charge in [-0.25, -0.2) is 0 Å². The van der Waals surface area contributed by atoms with E-state index in [-0.39, 0.29) is 5.91 Å². The highest BCUT2D eigenvalue weighted by atomic mass is 32.1. The Morgan fingerprint density at radius 3 is 2.79 bits per heavy atom. The lowest BCUT2D eigenvalue weighted by Gasteiger charge is -2.22. The topological polar surface area (TPSA) is 50.4 Å². The molecule has 0 saturated carbocycles. The van der Waals surface area contributed by atoms with E-state index in [4.69, 9.17) is 4.74 Å². The Hall–Kier alpha value is -0.910. The fourth-order valence-electron chi connectivity index (χ4n) is 1.73. The Balaban J connectivity index is 2.54. The van der Waals surface area contributed by atoms with Gasteiger partial charge in [0.2, 0.25) is 5.91 Å². The molecule has 19 heavy (non-hydrogen) atoms. The zero-order valence-corrected chi connectivity index (χ0v) is 13.0. The van der Waals surface area contributed by atoms with Crippen molar-refractivity contribution in [3.8, 4) is 0 Å². The van der Waals surface area contributed by atoms with Gasteiger partial charge in [-0.3, -0.25) is 4.79 Å². The van der Waals surface area contributed by atoms with Crippen LogP contribution in [0.1, 0.15) is 32.6 Å². The number of carbonyl (C=O) groups is 1. The molecule has 0 aliphatic rings.